The average Bonchev–Trinajstić information content (AvgIpc) is 2.73. The topological polar surface area (TPSA) is 63.6 Å². The average molecular weight is 274 g/mol. The molecule has 19 heavy (non-hydrogen) atoms. The van der Waals surface area contributed by atoms with Crippen molar-refractivity contribution in [2.75, 3.05) is 0 Å². The minimum absolute atomic E-state index is 0.341. The Balaban J connectivity index is 0.000000388. The van der Waals surface area contributed by atoms with Crippen molar-refractivity contribution in [3.05, 3.63) is 12.3 Å². The molecule has 0 fully saturated rings. The molecule has 0 radical (unpaired) electrons. The minimum atomic E-state index is -1.53. The molecule has 1 atom stereocenters. The van der Waals surface area contributed by atoms with Gasteiger partial charge in [-0.15, -0.1) is 0 Å². The maximum atomic E-state index is 11.8. The molecular weight excluding hydrogens is 251 g/mol. The van der Waals surface area contributed by atoms with Crippen LogP contribution in [0.15, 0.2) is 12.3 Å². The van der Waals surface area contributed by atoms with Crippen LogP contribution < -0.4 is 0 Å². The largest absolute Gasteiger partial charge is 0.481 e. The molecule has 0 aromatic carbocycles. The molecule has 0 saturated carbocycles. The number of alkyl halides is 1. The van der Waals surface area contributed by atoms with Crippen LogP contribution >= 0.6 is 0 Å². The molecule has 0 aromatic rings. The van der Waals surface area contributed by atoms with E-state index in [0.29, 0.717) is 6.42 Å². The quantitative estimate of drug-likeness (QED) is 0.542. The number of aliphatic carboxylic acids is 1. The zero-order valence-electron chi connectivity index (χ0n) is 11.4. The summed E-state index contributed by atoms with van der Waals surface area (Å²) in [6, 6.07) is 0. The normalized spacial score (nSPS) is 16.7. The van der Waals surface area contributed by atoms with Gasteiger partial charge in [-0.2, -0.15) is 0 Å². The van der Waals surface area contributed by atoms with Crippen LogP contribution in [0.25, 0.3) is 0 Å². The summed E-state index contributed by atoms with van der Waals surface area (Å²) < 4.78 is 15.8. The van der Waals surface area contributed by atoms with E-state index < -0.39 is 18.1 Å². The molecular formula is C14H23FO4. The lowest BCUT2D eigenvalue weighted by molar-refractivity contribution is -0.139. The smallest absolute Gasteiger partial charge is 0.349 e. The summed E-state index contributed by atoms with van der Waals surface area (Å²) in [5.41, 5.74) is 0. The van der Waals surface area contributed by atoms with Gasteiger partial charge in [0.2, 0.25) is 6.17 Å². The number of carbonyl (C=O) groups excluding carboxylic acids is 1. The molecule has 0 aliphatic carbocycles. The highest BCUT2D eigenvalue weighted by Gasteiger charge is 2.19. The van der Waals surface area contributed by atoms with Crippen molar-refractivity contribution < 1.29 is 23.8 Å². The van der Waals surface area contributed by atoms with Gasteiger partial charge < -0.3 is 9.84 Å². The summed E-state index contributed by atoms with van der Waals surface area (Å²) in [5.74, 6) is -1.48. The molecule has 5 heteroatoms. The second kappa shape index (κ2) is 11.7. The van der Waals surface area contributed by atoms with E-state index in [4.69, 9.17) is 5.11 Å². The number of hydrogen-bond acceptors (Lipinski definition) is 3. The molecule has 1 aliphatic heterocycles. The maximum Gasteiger partial charge on any atom is 0.349 e. The Bertz CT molecular complexity index is 289. The standard InChI is InChI=1S/C10H20O2.C4H3FO2/c1-2-3-4-5-6-7-8-9-10(11)12;5-3-1-2-7-4(3)6/h2-9H2,1H3,(H,11,12);1-3H. The van der Waals surface area contributed by atoms with Crippen molar-refractivity contribution in [2.45, 2.75) is 64.5 Å². The van der Waals surface area contributed by atoms with Gasteiger partial charge in [0.25, 0.3) is 0 Å². The lowest BCUT2D eigenvalue weighted by Gasteiger charge is -1.98. The van der Waals surface area contributed by atoms with Crippen LogP contribution in [0, 0.1) is 0 Å². The Kier molecular flexibility index (Phi) is 10.8. The number of carboxylic acid groups (broad SMARTS) is 1. The van der Waals surface area contributed by atoms with Gasteiger partial charge in [0.1, 0.15) is 0 Å². The van der Waals surface area contributed by atoms with E-state index in [9.17, 15) is 14.0 Å². The molecule has 1 unspecified atom stereocenters. The number of halogens is 1. The fourth-order valence-corrected chi connectivity index (χ4v) is 1.55. The first-order valence-electron chi connectivity index (χ1n) is 6.81. The van der Waals surface area contributed by atoms with Gasteiger partial charge in [0.15, 0.2) is 0 Å². The number of unbranched alkanes of at least 4 members (excludes halogenated alkanes) is 6. The second-order valence-corrected chi connectivity index (χ2v) is 4.43. The first kappa shape index (κ1) is 17.6. The van der Waals surface area contributed by atoms with Gasteiger partial charge in [-0.1, -0.05) is 45.4 Å². The van der Waals surface area contributed by atoms with E-state index in [1.54, 1.807) is 0 Å². The highest BCUT2D eigenvalue weighted by molar-refractivity contribution is 5.79. The molecule has 1 N–H and O–H groups in total. The number of cyclic esters (lactones) is 1. The van der Waals surface area contributed by atoms with Gasteiger partial charge in [-0.25, -0.2) is 9.18 Å². The molecule has 110 valence electrons. The first-order chi connectivity index (χ1) is 9.07. The van der Waals surface area contributed by atoms with Crippen LogP contribution in [0.2, 0.25) is 0 Å². The van der Waals surface area contributed by atoms with Crippen molar-refractivity contribution in [1.82, 2.24) is 0 Å². The number of ether oxygens (including phenoxy) is 1. The summed E-state index contributed by atoms with van der Waals surface area (Å²) in [6.07, 6.45) is 9.22. The minimum Gasteiger partial charge on any atom is -0.481 e. The van der Waals surface area contributed by atoms with Crippen molar-refractivity contribution in [3.8, 4) is 0 Å². The molecule has 0 spiro atoms. The number of hydrogen-bond donors (Lipinski definition) is 1. The number of carbonyl (C=O) groups is 2. The van der Waals surface area contributed by atoms with E-state index >= 15 is 0 Å². The van der Waals surface area contributed by atoms with E-state index in [2.05, 4.69) is 11.7 Å². The third kappa shape index (κ3) is 11.4. The molecule has 0 saturated heterocycles. The van der Waals surface area contributed by atoms with Crippen LogP contribution in [0.4, 0.5) is 4.39 Å². The third-order valence-corrected chi connectivity index (χ3v) is 2.65. The number of esters is 1. The molecule has 0 amide bonds. The third-order valence-electron chi connectivity index (χ3n) is 2.65. The van der Waals surface area contributed by atoms with Gasteiger partial charge in [0, 0.05) is 6.42 Å². The van der Waals surface area contributed by atoms with Crippen LogP contribution in [-0.2, 0) is 14.3 Å². The SMILES string of the molecule is CCCCCCCCCC(=O)O.O=C1OC=CC1F. The molecule has 1 aliphatic rings. The van der Waals surface area contributed by atoms with E-state index in [-0.39, 0.29) is 0 Å². The fraction of sp³-hybridized carbons (Fsp3) is 0.714. The van der Waals surface area contributed by atoms with Gasteiger partial charge >= 0.3 is 11.9 Å². The molecule has 0 bridgehead atoms. The molecule has 4 nitrogen and oxygen atoms in total. The Morgan fingerprint density at radius 1 is 1.26 bits per heavy atom. The molecule has 0 aromatic heterocycles. The first-order valence-corrected chi connectivity index (χ1v) is 6.81. The Morgan fingerprint density at radius 3 is 2.21 bits per heavy atom. The van der Waals surface area contributed by atoms with Crippen LogP contribution in [0.1, 0.15) is 58.3 Å². The summed E-state index contributed by atoms with van der Waals surface area (Å²) in [6.45, 7) is 2.20. The van der Waals surface area contributed by atoms with Crippen LogP contribution in [0.3, 0.4) is 0 Å². The van der Waals surface area contributed by atoms with Crippen molar-refractivity contribution >= 4 is 11.9 Å². The summed E-state index contributed by atoms with van der Waals surface area (Å²) in [7, 11) is 0. The van der Waals surface area contributed by atoms with Crippen molar-refractivity contribution in [2.24, 2.45) is 0 Å². The van der Waals surface area contributed by atoms with E-state index in [1.165, 1.54) is 32.1 Å². The van der Waals surface area contributed by atoms with Gasteiger partial charge in [0.05, 0.1) is 6.26 Å². The zero-order valence-corrected chi connectivity index (χ0v) is 11.4. The van der Waals surface area contributed by atoms with Gasteiger partial charge in [-0.3, -0.25) is 4.79 Å². The lowest BCUT2D eigenvalue weighted by Crippen LogP contribution is -2.06. The molecule has 1 rings (SSSR count). The van der Waals surface area contributed by atoms with Crippen LogP contribution in [-0.4, -0.2) is 23.2 Å². The summed E-state index contributed by atoms with van der Waals surface area (Å²) >= 11 is 0. The Hall–Kier alpha value is -1.39. The van der Waals surface area contributed by atoms with E-state index in [0.717, 1.165) is 25.2 Å². The number of carboxylic acids is 1. The van der Waals surface area contributed by atoms with E-state index in [1.807, 2.05) is 0 Å². The second-order valence-electron chi connectivity index (χ2n) is 4.43. The highest BCUT2D eigenvalue weighted by atomic mass is 19.1. The zero-order chi connectivity index (χ0) is 14.5. The fourth-order valence-electron chi connectivity index (χ4n) is 1.55. The van der Waals surface area contributed by atoms with Crippen molar-refractivity contribution in [3.63, 3.8) is 0 Å². The monoisotopic (exact) mass is 274 g/mol. The maximum absolute atomic E-state index is 11.8. The highest BCUT2D eigenvalue weighted by Crippen LogP contribution is 2.08. The predicted molar refractivity (Wildman–Crippen MR) is 70.4 cm³/mol. The summed E-state index contributed by atoms with van der Waals surface area (Å²) in [5, 5.41) is 8.35. The molecule has 1 heterocycles. The lowest BCUT2D eigenvalue weighted by atomic mass is 10.1. The predicted octanol–water partition coefficient (Wildman–Crippen LogP) is 3.61. The Labute approximate surface area is 113 Å². The Morgan fingerprint density at radius 2 is 1.84 bits per heavy atom. The van der Waals surface area contributed by atoms with Crippen molar-refractivity contribution in [1.29, 1.82) is 0 Å². The number of rotatable bonds is 8. The van der Waals surface area contributed by atoms with Gasteiger partial charge in [-0.05, 0) is 12.5 Å². The van der Waals surface area contributed by atoms with Crippen LogP contribution in [0.5, 0.6) is 0 Å². The summed E-state index contributed by atoms with van der Waals surface area (Å²) in [4.78, 5) is 20.0.